The van der Waals surface area contributed by atoms with Gasteiger partial charge in [-0.15, -0.1) is 11.3 Å². The lowest BCUT2D eigenvalue weighted by Crippen LogP contribution is -2.17. The van der Waals surface area contributed by atoms with E-state index in [0.29, 0.717) is 12.1 Å². The molecule has 3 aromatic rings. The van der Waals surface area contributed by atoms with Crippen molar-refractivity contribution in [1.29, 1.82) is 0 Å². The van der Waals surface area contributed by atoms with Crippen molar-refractivity contribution in [2.45, 2.75) is 19.3 Å². The van der Waals surface area contributed by atoms with Crippen LogP contribution in [0.4, 0.5) is 32.0 Å². The molecule has 0 aliphatic carbocycles. The summed E-state index contributed by atoms with van der Waals surface area (Å²) < 4.78 is 77.6. The van der Waals surface area contributed by atoms with Crippen molar-refractivity contribution in [2.75, 3.05) is 5.32 Å². The van der Waals surface area contributed by atoms with Gasteiger partial charge in [0.15, 0.2) is 0 Å². The number of amides is 1. The number of thiazole rings is 1. The van der Waals surface area contributed by atoms with Gasteiger partial charge in [0.25, 0.3) is 5.91 Å². The van der Waals surface area contributed by atoms with Crippen LogP contribution < -0.4 is 5.32 Å². The number of nitrogens with zero attached hydrogens (tertiary/aromatic N) is 1. The van der Waals surface area contributed by atoms with Gasteiger partial charge >= 0.3 is 12.4 Å². The Hall–Kier alpha value is -2.88. The number of aryl methyl sites for hydroxylation is 1. The van der Waals surface area contributed by atoms with Gasteiger partial charge in [-0.1, -0.05) is 12.1 Å². The van der Waals surface area contributed by atoms with Crippen molar-refractivity contribution in [3.8, 4) is 11.3 Å². The first-order chi connectivity index (χ1) is 13.4. The van der Waals surface area contributed by atoms with E-state index in [9.17, 15) is 31.1 Å². The average molecular weight is 430 g/mol. The predicted octanol–water partition coefficient (Wildman–Crippen LogP) is 6.41. The molecule has 3 nitrogen and oxygen atoms in total. The van der Waals surface area contributed by atoms with E-state index in [1.807, 2.05) is 12.3 Å². The molecular formula is C19H12F6N2OS. The minimum atomic E-state index is -5.02. The highest BCUT2D eigenvalue weighted by atomic mass is 32.1. The Morgan fingerprint density at radius 2 is 1.48 bits per heavy atom. The fourth-order valence-electron chi connectivity index (χ4n) is 2.51. The van der Waals surface area contributed by atoms with Gasteiger partial charge in [0.2, 0.25) is 0 Å². The molecule has 0 saturated carbocycles. The van der Waals surface area contributed by atoms with Crippen LogP contribution >= 0.6 is 11.3 Å². The van der Waals surface area contributed by atoms with E-state index in [2.05, 4.69) is 10.3 Å². The van der Waals surface area contributed by atoms with Crippen LogP contribution in [0.3, 0.4) is 0 Å². The van der Waals surface area contributed by atoms with Crippen molar-refractivity contribution in [3.63, 3.8) is 0 Å². The predicted molar refractivity (Wildman–Crippen MR) is 96.7 cm³/mol. The normalized spacial score (nSPS) is 12.1. The summed E-state index contributed by atoms with van der Waals surface area (Å²) in [5.74, 6) is -1.08. The van der Waals surface area contributed by atoms with Gasteiger partial charge in [-0.05, 0) is 37.3 Å². The molecule has 1 N–H and O–H groups in total. The van der Waals surface area contributed by atoms with Gasteiger partial charge in [0, 0.05) is 22.2 Å². The van der Waals surface area contributed by atoms with E-state index in [4.69, 9.17) is 0 Å². The van der Waals surface area contributed by atoms with Crippen LogP contribution in [0, 0.1) is 6.92 Å². The summed E-state index contributed by atoms with van der Waals surface area (Å²) in [6.45, 7) is 1.84. The number of benzene rings is 2. The maximum atomic E-state index is 12.9. The second-order valence-electron chi connectivity index (χ2n) is 6.08. The molecule has 29 heavy (non-hydrogen) atoms. The monoisotopic (exact) mass is 430 g/mol. The third kappa shape index (κ3) is 4.94. The Labute approximate surface area is 165 Å². The Morgan fingerprint density at radius 1 is 0.931 bits per heavy atom. The van der Waals surface area contributed by atoms with Crippen molar-refractivity contribution in [1.82, 2.24) is 4.98 Å². The number of hydrogen-bond donors (Lipinski definition) is 1. The minimum absolute atomic E-state index is 0.0264. The van der Waals surface area contributed by atoms with E-state index in [-0.39, 0.29) is 11.8 Å². The Kier molecular flexibility index (Phi) is 5.40. The molecule has 0 aliphatic heterocycles. The van der Waals surface area contributed by atoms with Crippen LogP contribution in [-0.2, 0) is 12.4 Å². The van der Waals surface area contributed by atoms with E-state index >= 15 is 0 Å². The first kappa shape index (κ1) is 20.8. The van der Waals surface area contributed by atoms with Gasteiger partial charge in [0.05, 0.1) is 21.8 Å². The number of anilines is 1. The lowest BCUT2D eigenvalue weighted by molar-refractivity contribution is -0.143. The lowest BCUT2D eigenvalue weighted by atomic mass is 10.0. The van der Waals surface area contributed by atoms with Gasteiger partial charge in [-0.25, -0.2) is 4.98 Å². The number of halogens is 6. The number of carbonyl (C=O) groups is 1. The maximum Gasteiger partial charge on any atom is 0.416 e. The molecular weight excluding hydrogens is 418 g/mol. The zero-order valence-electron chi connectivity index (χ0n) is 14.7. The third-order valence-electron chi connectivity index (χ3n) is 3.91. The molecule has 1 aromatic heterocycles. The summed E-state index contributed by atoms with van der Waals surface area (Å²) in [4.78, 5) is 16.6. The van der Waals surface area contributed by atoms with Crippen LogP contribution in [0.25, 0.3) is 11.3 Å². The maximum absolute atomic E-state index is 12.9. The van der Waals surface area contributed by atoms with E-state index in [0.717, 1.165) is 16.3 Å². The lowest BCUT2D eigenvalue weighted by Gasteiger charge is -2.14. The third-order valence-corrected chi connectivity index (χ3v) is 4.68. The first-order valence-electron chi connectivity index (χ1n) is 8.07. The fraction of sp³-hybridized carbons (Fsp3) is 0.158. The minimum Gasteiger partial charge on any atom is -0.322 e. The summed E-state index contributed by atoms with van der Waals surface area (Å²) in [6, 6.07) is 6.99. The van der Waals surface area contributed by atoms with Gasteiger partial charge in [-0.3, -0.25) is 4.79 Å². The van der Waals surface area contributed by atoms with E-state index in [1.54, 1.807) is 12.1 Å². The Morgan fingerprint density at radius 3 is 1.93 bits per heavy atom. The summed E-state index contributed by atoms with van der Waals surface area (Å²) in [5.41, 5.74) is -2.15. The molecule has 0 fully saturated rings. The number of hydrogen-bond acceptors (Lipinski definition) is 3. The highest BCUT2D eigenvalue weighted by molar-refractivity contribution is 7.09. The second-order valence-corrected chi connectivity index (χ2v) is 7.14. The summed E-state index contributed by atoms with van der Waals surface area (Å²) >= 11 is 1.45. The van der Waals surface area contributed by atoms with Gasteiger partial charge in [-0.2, -0.15) is 26.3 Å². The fourth-order valence-corrected chi connectivity index (χ4v) is 3.13. The smallest absolute Gasteiger partial charge is 0.322 e. The summed E-state index contributed by atoms with van der Waals surface area (Å²) in [7, 11) is 0. The molecule has 0 saturated heterocycles. The number of alkyl halides is 6. The Balaban J connectivity index is 1.86. The van der Waals surface area contributed by atoms with Crippen molar-refractivity contribution < 1.29 is 31.1 Å². The molecule has 0 atom stereocenters. The van der Waals surface area contributed by atoms with Gasteiger partial charge < -0.3 is 5.32 Å². The molecule has 1 heterocycles. The quantitative estimate of drug-likeness (QED) is 0.488. The molecule has 0 aliphatic rings. The average Bonchev–Trinajstić information content (AvgIpc) is 3.07. The SMILES string of the molecule is Cc1nc(-c2ccc(NC(=O)c3cc(C(F)(F)F)cc(C(F)(F)F)c3)cc2)cs1. The number of nitrogens with one attached hydrogen (secondary N) is 1. The first-order valence-corrected chi connectivity index (χ1v) is 8.95. The van der Waals surface area contributed by atoms with Crippen LogP contribution in [-0.4, -0.2) is 10.9 Å². The molecule has 1 amide bonds. The summed E-state index contributed by atoms with van der Waals surface area (Å²) in [5, 5.41) is 5.01. The molecule has 0 radical (unpaired) electrons. The zero-order chi connectivity index (χ0) is 21.4. The standard InChI is InChI=1S/C19H12F6N2OS/c1-10-26-16(9-29-10)11-2-4-15(5-3-11)27-17(28)12-6-13(18(20,21)22)8-14(7-12)19(23,24)25/h2-9H,1H3,(H,27,28). The number of aromatic nitrogens is 1. The van der Waals surface area contributed by atoms with Crippen LogP contribution in [0.1, 0.15) is 26.5 Å². The van der Waals surface area contributed by atoms with E-state index in [1.165, 1.54) is 23.5 Å². The second kappa shape index (κ2) is 7.51. The van der Waals surface area contributed by atoms with Crippen molar-refractivity contribution in [3.05, 3.63) is 69.5 Å². The van der Waals surface area contributed by atoms with Crippen molar-refractivity contribution in [2.24, 2.45) is 0 Å². The highest BCUT2D eigenvalue weighted by Crippen LogP contribution is 2.36. The molecule has 2 aromatic carbocycles. The largest absolute Gasteiger partial charge is 0.416 e. The number of carbonyl (C=O) groups excluding carboxylic acids is 1. The zero-order valence-corrected chi connectivity index (χ0v) is 15.5. The highest BCUT2D eigenvalue weighted by Gasteiger charge is 2.37. The molecule has 0 bridgehead atoms. The number of rotatable bonds is 3. The molecule has 0 unspecified atom stereocenters. The van der Waals surface area contributed by atoms with Crippen LogP contribution in [0.2, 0.25) is 0 Å². The van der Waals surface area contributed by atoms with Crippen LogP contribution in [0.5, 0.6) is 0 Å². The molecule has 10 heteroatoms. The van der Waals surface area contributed by atoms with Crippen molar-refractivity contribution >= 4 is 22.9 Å². The topological polar surface area (TPSA) is 42.0 Å². The molecule has 0 spiro atoms. The van der Waals surface area contributed by atoms with E-state index < -0.39 is 35.0 Å². The molecule has 152 valence electrons. The van der Waals surface area contributed by atoms with Crippen LogP contribution in [0.15, 0.2) is 47.8 Å². The summed E-state index contributed by atoms with van der Waals surface area (Å²) in [6.07, 6.45) is -10.0. The Bertz CT molecular complexity index is 1010. The molecule has 3 rings (SSSR count). The van der Waals surface area contributed by atoms with Gasteiger partial charge in [0.1, 0.15) is 0 Å².